The Hall–Kier alpha value is -1.56. The van der Waals surface area contributed by atoms with Gasteiger partial charge in [-0.15, -0.1) is 0 Å². The van der Waals surface area contributed by atoms with Gasteiger partial charge in [0.1, 0.15) is 0 Å². The largest absolute Gasteiger partial charge is 3.00 e. The van der Waals surface area contributed by atoms with Gasteiger partial charge in [-0.1, -0.05) is 20.3 Å². The molecule has 0 spiro atoms. The van der Waals surface area contributed by atoms with Crippen molar-refractivity contribution in [1.82, 2.24) is 0 Å². The molecular weight excluding hydrogens is 436 g/mol. The quantitative estimate of drug-likeness (QED) is 0.177. The first-order chi connectivity index (χ1) is 13.4. The Morgan fingerprint density at radius 1 is 0.414 bits per heavy atom. The molecule has 0 heterocycles. The van der Waals surface area contributed by atoms with Gasteiger partial charge in [0.2, 0.25) is 0 Å². The van der Waals surface area contributed by atoms with Crippen molar-refractivity contribution >= 4 is 0 Å². The van der Waals surface area contributed by atoms with Crippen LogP contribution in [0.3, 0.4) is 0 Å². The van der Waals surface area contributed by atoms with Crippen LogP contribution in [0.2, 0.25) is 0 Å². The molecule has 29 heavy (non-hydrogen) atoms. The third-order valence-corrected chi connectivity index (χ3v) is 2.22. The van der Waals surface area contributed by atoms with Crippen LogP contribution in [0, 0.1) is 13.8 Å². The molecule has 0 atom stereocenters. The van der Waals surface area contributed by atoms with Gasteiger partial charge in [-0.3, -0.25) is 0 Å². The van der Waals surface area contributed by atoms with Crippen LogP contribution in [0.4, 0.5) is 0 Å². The molecule has 0 unspecified atom stereocenters. The van der Waals surface area contributed by atoms with E-state index in [1.165, 1.54) is 6.42 Å². The normalized spacial score (nSPS) is 6.55. The van der Waals surface area contributed by atoms with Gasteiger partial charge in [0.05, 0.1) is 0 Å². The third-order valence-electron chi connectivity index (χ3n) is 2.22. The van der Waals surface area contributed by atoms with Crippen LogP contribution in [-0.2, 0) is 34.1 Å². The fraction of sp³-hybridized carbons (Fsp3) is 0.185. The zero-order chi connectivity index (χ0) is 20.8. The van der Waals surface area contributed by atoms with Gasteiger partial charge in [-0.25, -0.2) is 48.5 Å². The van der Waals surface area contributed by atoms with E-state index >= 15 is 0 Å². The predicted octanol–water partition coefficient (Wildman–Crippen LogP) is 8.71. The zero-order valence-corrected chi connectivity index (χ0v) is 20.6. The maximum Gasteiger partial charge on any atom is 3.00 e. The van der Waals surface area contributed by atoms with Crippen LogP contribution in [0.1, 0.15) is 34.1 Å². The minimum absolute atomic E-state index is 0. The summed E-state index contributed by atoms with van der Waals surface area (Å²) in [5, 5.41) is 0. The molecule has 162 valence electrons. The molecule has 4 aromatic carbocycles. The van der Waals surface area contributed by atoms with Crippen molar-refractivity contribution in [3.05, 3.63) is 135 Å². The minimum atomic E-state index is 0. The van der Waals surface area contributed by atoms with E-state index in [2.05, 4.69) is 27.7 Å². The molecule has 2 radical (unpaired) electrons. The van der Waals surface area contributed by atoms with Gasteiger partial charge in [0, 0.05) is 0 Å². The minimum Gasteiger partial charge on any atom is -0.346 e. The summed E-state index contributed by atoms with van der Waals surface area (Å²) in [6.45, 7) is 14.2. The fourth-order valence-corrected chi connectivity index (χ4v) is 1.28. The van der Waals surface area contributed by atoms with Gasteiger partial charge in [-0.05, 0) is 0 Å². The van der Waals surface area contributed by atoms with Crippen molar-refractivity contribution < 1.29 is 34.1 Å². The Balaban J connectivity index is -0.0000000787. The Morgan fingerprint density at radius 2 is 0.517 bits per heavy atom. The van der Waals surface area contributed by atoms with Crippen LogP contribution < -0.4 is 0 Å². The molecule has 0 nitrogen and oxygen atoms in total. The van der Waals surface area contributed by atoms with Crippen molar-refractivity contribution in [1.29, 1.82) is 0 Å². The molecule has 0 saturated heterocycles. The van der Waals surface area contributed by atoms with Gasteiger partial charge in [-0.2, -0.15) is 86.6 Å². The van der Waals surface area contributed by atoms with Crippen LogP contribution in [0.5, 0.6) is 0 Å². The Labute approximate surface area is 202 Å². The van der Waals surface area contributed by atoms with Crippen molar-refractivity contribution in [2.75, 3.05) is 0 Å². The summed E-state index contributed by atoms with van der Waals surface area (Å²) in [6, 6.07) is 40.0. The topological polar surface area (TPSA) is 0 Å². The first kappa shape index (κ1) is 38.1. The zero-order valence-electron chi connectivity index (χ0n) is 18.4. The van der Waals surface area contributed by atoms with Crippen molar-refractivity contribution in [2.45, 2.75) is 34.1 Å². The molecule has 0 bridgehead atoms. The number of hydrogen-bond acceptors (Lipinski definition) is 0. The summed E-state index contributed by atoms with van der Waals surface area (Å²) in [5.41, 5.74) is 0. The molecule has 2 heteroatoms. The predicted molar refractivity (Wildman–Crippen MR) is 126 cm³/mol. The van der Waals surface area contributed by atoms with E-state index in [0.29, 0.717) is 0 Å². The summed E-state index contributed by atoms with van der Waals surface area (Å²) in [4.78, 5) is 0. The fourth-order valence-electron chi connectivity index (χ4n) is 1.28. The Kier molecular flexibility index (Phi) is 59.5. The summed E-state index contributed by atoms with van der Waals surface area (Å²) in [5.74, 6) is 0. The second-order valence-corrected chi connectivity index (χ2v) is 4.56. The molecule has 0 saturated carbocycles. The van der Waals surface area contributed by atoms with Gasteiger partial charge in [0.25, 0.3) is 0 Å². The molecule has 4 rings (SSSR count). The summed E-state index contributed by atoms with van der Waals surface area (Å²) in [6.07, 6.45) is 1.25. The first-order valence-electron chi connectivity index (χ1n) is 9.50. The van der Waals surface area contributed by atoms with E-state index < -0.39 is 0 Å². The Bertz CT molecular complexity index is 356. The smallest absolute Gasteiger partial charge is 0.346 e. The van der Waals surface area contributed by atoms with Gasteiger partial charge >= 0.3 is 34.1 Å². The molecule has 0 aliphatic heterocycles. The molecule has 4 aromatic rings. The Morgan fingerprint density at radius 3 is 0.552 bits per heavy atom. The number of hydrogen-bond donors (Lipinski definition) is 0. The summed E-state index contributed by atoms with van der Waals surface area (Å²) < 4.78 is 0. The van der Waals surface area contributed by atoms with E-state index in [4.69, 9.17) is 0 Å². The SMILES string of the molecule is CCC.[CH2-]C.[CH2-]C.[Fe+3].[Fe+3].c1cc[cH-]c1.c1cc[cH-]c1.c1cc[cH-]c1.c1cc[cH-]c1. The van der Waals surface area contributed by atoms with E-state index in [0.717, 1.165) is 0 Å². The molecule has 0 fully saturated rings. The summed E-state index contributed by atoms with van der Waals surface area (Å²) in [7, 11) is 0. The summed E-state index contributed by atoms with van der Waals surface area (Å²) >= 11 is 0. The van der Waals surface area contributed by atoms with E-state index in [9.17, 15) is 0 Å². The monoisotopic (exact) mass is 474 g/mol. The number of rotatable bonds is 0. The molecule has 0 aliphatic rings. The van der Waals surface area contributed by atoms with E-state index in [-0.39, 0.29) is 34.1 Å². The molecule has 0 aliphatic carbocycles. The van der Waals surface area contributed by atoms with E-state index in [1.807, 2.05) is 121 Å². The average molecular weight is 474 g/mol. The van der Waals surface area contributed by atoms with Crippen LogP contribution in [0.15, 0.2) is 121 Å². The maximum atomic E-state index is 3.25. The molecule has 0 N–H and O–H groups in total. The standard InChI is InChI=1S/4C5H5.C3H8.2C2H5.2Fe/c4*1-2-4-5-3-1;1-3-2;2*1-2;;/h4*1-5H;3H2,1-2H3;2*1H2,2H3;;/q4*-1;;2*-1;2*+3. The van der Waals surface area contributed by atoms with Crippen LogP contribution in [-0.4, -0.2) is 0 Å². The van der Waals surface area contributed by atoms with Crippen LogP contribution in [0.25, 0.3) is 0 Å². The first-order valence-corrected chi connectivity index (χ1v) is 9.50. The molecule has 0 amide bonds. The van der Waals surface area contributed by atoms with Crippen molar-refractivity contribution in [2.24, 2.45) is 0 Å². The maximum absolute atomic E-state index is 3.25. The third kappa shape index (κ3) is 46.4. The molecule has 0 aromatic heterocycles. The second-order valence-electron chi connectivity index (χ2n) is 4.56. The van der Waals surface area contributed by atoms with Gasteiger partial charge < -0.3 is 13.8 Å². The van der Waals surface area contributed by atoms with Crippen molar-refractivity contribution in [3.8, 4) is 0 Å². The van der Waals surface area contributed by atoms with Crippen LogP contribution >= 0.6 is 0 Å². The average Bonchev–Trinajstić information content (AvgIpc) is 3.58. The van der Waals surface area contributed by atoms with Crippen molar-refractivity contribution in [3.63, 3.8) is 0 Å². The second kappa shape index (κ2) is 45.3. The van der Waals surface area contributed by atoms with Gasteiger partial charge in [0.15, 0.2) is 0 Å². The molecular formula is C27H38Fe2. The van der Waals surface area contributed by atoms with E-state index in [1.54, 1.807) is 13.8 Å².